The molecule has 78 valence electrons. The van der Waals surface area contributed by atoms with Gasteiger partial charge in [-0.15, -0.1) is 0 Å². The number of carbonyl (C=O) groups is 1. The van der Waals surface area contributed by atoms with E-state index in [4.69, 9.17) is 0 Å². The first kappa shape index (κ1) is 12.6. The lowest BCUT2D eigenvalue weighted by molar-refractivity contribution is -0.123. The Labute approximate surface area is 81.5 Å². The zero-order chi connectivity index (χ0) is 10.3. The number of rotatable bonds is 7. The second-order valence-corrected chi connectivity index (χ2v) is 3.62. The Morgan fingerprint density at radius 3 is 2.62 bits per heavy atom. The minimum atomic E-state index is 0.206. The third-order valence-electron chi connectivity index (χ3n) is 2.33. The molecule has 0 heterocycles. The lowest BCUT2D eigenvalue weighted by Gasteiger charge is -2.17. The maximum absolute atomic E-state index is 11.5. The highest BCUT2D eigenvalue weighted by atomic mass is 16.1. The topological polar surface area (TPSA) is 32.3 Å². The van der Waals surface area contributed by atoms with Crippen LogP contribution in [0.4, 0.5) is 0 Å². The fourth-order valence-electron chi connectivity index (χ4n) is 1.03. The monoisotopic (exact) mass is 186 g/mol. The van der Waals surface area contributed by atoms with Gasteiger partial charge in [-0.2, -0.15) is 0 Å². The van der Waals surface area contributed by atoms with Crippen LogP contribution in [0.25, 0.3) is 0 Å². The number of Topliss-reactive ketones (excluding diaryl/α,β-unsaturated/α-hetero) is 1. The molecule has 0 rings (SSSR count). The molecule has 0 amide bonds. The quantitative estimate of drug-likeness (QED) is 0.637. The summed E-state index contributed by atoms with van der Waals surface area (Å²) in [5.41, 5.74) is 0. The third kappa shape index (κ3) is 5.77. The van der Waals surface area contributed by atoms with E-state index in [1.165, 1.54) is 0 Å². The van der Waals surface area contributed by atoms with Crippen LogP contribution in [0.3, 0.4) is 0 Å². The van der Waals surface area contributed by atoms with Gasteiger partial charge in [-0.25, -0.2) is 0 Å². The molecule has 0 spiro atoms. The van der Waals surface area contributed by atoms with Crippen molar-refractivity contribution in [2.24, 2.45) is 5.92 Å². The molecule has 0 aliphatic heterocycles. The predicted molar refractivity (Wildman–Crippen MR) is 55.9 cm³/mol. The van der Waals surface area contributed by atoms with Crippen LogP contribution in [0.5, 0.6) is 0 Å². The molecule has 0 aromatic heterocycles. The number of nitrogens with zero attached hydrogens (tertiary/aromatic N) is 1. The van der Waals surface area contributed by atoms with Crippen molar-refractivity contribution >= 4 is 5.78 Å². The van der Waals surface area contributed by atoms with Crippen molar-refractivity contribution in [3.05, 3.63) is 0 Å². The maximum Gasteiger partial charge on any atom is 0.149 e. The summed E-state index contributed by atoms with van der Waals surface area (Å²) in [6, 6.07) is 0. The summed E-state index contributed by atoms with van der Waals surface area (Å²) < 4.78 is 0. The van der Waals surface area contributed by atoms with Gasteiger partial charge in [0.2, 0.25) is 0 Å². The van der Waals surface area contributed by atoms with Crippen molar-refractivity contribution < 1.29 is 4.79 Å². The van der Waals surface area contributed by atoms with E-state index in [9.17, 15) is 4.79 Å². The summed E-state index contributed by atoms with van der Waals surface area (Å²) in [6.07, 6.45) is 0.943. The zero-order valence-electron chi connectivity index (χ0n) is 9.26. The first-order valence-corrected chi connectivity index (χ1v) is 4.97. The molecule has 0 fully saturated rings. The molecule has 13 heavy (non-hydrogen) atoms. The number of hydrogen-bond donors (Lipinski definition) is 1. The predicted octanol–water partition coefficient (Wildman–Crippen LogP) is 0.753. The summed E-state index contributed by atoms with van der Waals surface area (Å²) in [6.45, 7) is 6.49. The minimum Gasteiger partial charge on any atom is -0.318 e. The summed E-state index contributed by atoms with van der Waals surface area (Å²) in [4.78, 5) is 13.5. The molecule has 1 unspecified atom stereocenters. The van der Waals surface area contributed by atoms with Gasteiger partial charge in [-0.3, -0.25) is 9.69 Å². The van der Waals surface area contributed by atoms with Gasteiger partial charge in [0.15, 0.2) is 0 Å². The van der Waals surface area contributed by atoms with Crippen molar-refractivity contribution in [1.82, 2.24) is 10.2 Å². The van der Waals surface area contributed by atoms with Gasteiger partial charge in [0.25, 0.3) is 0 Å². The van der Waals surface area contributed by atoms with Crippen molar-refractivity contribution in [2.45, 2.75) is 20.3 Å². The van der Waals surface area contributed by atoms with Crippen molar-refractivity contribution in [1.29, 1.82) is 0 Å². The van der Waals surface area contributed by atoms with E-state index in [-0.39, 0.29) is 5.92 Å². The summed E-state index contributed by atoms with van der Waals surface area (Å²) >= 11 is 0. The second kappa shape index (κ2) is 7.04. The molecule has 0 saturated heterocycles. The van der Waals surface area contributed by atoms with Crippen LogP contribution in [-0.2, 0) is 4.79 Å². The largest absolute Gasteiger partial charge is 0.318 e. The van der Waals surface area contributed by atoms with E-state index < -0.39 is 0 Å². The van der Waals surface area contributed by atoms with Gasteiger partial charge in [-0.1, -0.05) is 13.8 Å². The summed E-state index contributed by atoms with van der Waals surface area (Å²) in [5.74, 6) is 0.554. The Morgan fingerprint density at radius 1 is 1.54 bits per heavy atom. The molecular weight excluding hydrogens is 164 g/mol. The molecule has 1 atom stereocenters. The van der Waals surface area contributed by atoms with Crippen molar-refractivity contribution in [3.63, 3.8) is 0 Å². The van der Waals surface area contributed by atoms with Gasteiger partial charge in [0.05, 0.1) is 6.54 Å². The Bertz CT molecular complexity index is 148. The fourth-order valence-corrected chi connectivity index (χ4v) is 1.03. The Morgan fingerprint density at radius 2 is 2.15 bits per heavy atom. The van der Waals surface area contributed by atoms with Crippen LogP contribution in [0.15, 0.2) is 0 Å². The molecular formula is C10H22N2O. The molecule has 1 N–H and O–H groups in total. The lowest BCUT2D eigenvalue weighted by Crippen LogP contribution is -2.33. The molecule has 3 heteroatoms. The van der Waals surface area contributed by atoms with E-state index >= 15 is 0 Å². The Balaban J connectivity index is 3.64. The highest BCUT2D eigenvalue weighted by Gasteiger charge is 2.12. The average Bonchev–Trinajstić information content (AvgIpc) is 2.13. The average molecular weight is 186 g/mol. The number of nitrogens with one attached hydrogen (secondary N) is 1. The molecule has 0 saturated carbocycles. The molecule has 0 aromatic rings. The second-order valence-electron chi connectivity index (χ2n) is 3.62. The zero-order valence-corrected chi connectivity index (χ0v) is 9.26. The van der Waals surface area contributed by atoms with Gasteiger partial charge in [0.1, 0.15) is 5.78 Å². The number of ketones is 1. The van der Waals surface area contributed by atoms with Gasteiger partial charge in [0, 0.05) is 19.0 Å². The van der Waals surface area contributed by atoms with E-state index in [1.807, 2.05) is 21.0 Å². The summed E-state index contributed by atoms with van der Waals surface area (Å²) in [5, 5.41) is 3.06. The molecule has 0 aliphatic rings. The number of hydrogen-bond acceptors (Lipinski definition) is 3. The summed E-state index contributed by atoms with van der Waals surface area (Å²) in [7, 11) is 3.90. The minimum absolute atomic E-state index is 0.206. The molecule has 0 radical (unpaired) electrons. The van der Waals surface area contributed by atoms with Crippen LogP contribution >= 0.6 is 0 Å². The van der Waals surface area contributed by atoms with Crippen LogP contribution in [0.1, 0.15) is 20.3 Å². The van der Waals surface area contributed by atoms with Crippen LogP contribution in [0, 0.1) is 5.92 Å². The number of carbonyl (C=O) groups excluding carboxylic acids is 1. The van der Waals surface area contributed by atoms with Gasteiger partial charge >= 0.3 is 0 Å². The highest BCUT2D eigenvalue weighted by molar-refractivity contribution is 5.82. The van der Waals surface area contributed by atoms with Gasteiger partial charge < -0.3 is 5.32 Å². The smallest absolute Gasteiger partial charge is 0.149 e. The standard InChI is InChI=1S/C10H22N2O/c1-5-9(2)10(13)8-12(4)7-6-11-3/h9,11H,5-8H2,1-4H3. The fraction of sp³-hybridized carbons (Fsp3) is 0.900. The first-order chi connectivity index (χ1) is 6.11. The molecule has 0 bridgehead atoms. The Kier molecular flexibility index (Phi) is 6.82. The van der Waals surface area contributed by atoms with E-state index in [1.54, 1.807) is 0 Å². The molecule has 0 aromatic carbocycles. The van der Waals surface area contributed by atoms with Gasteiger partial charge in [-0.05, 0) is 20.5 Å². The normalized spacial score (nSPS) is 13.3. The van der Waals surface area contributed by atoms with E-state index in [0.29, 0.717) is 12.3 Å². The molecule has 0 aliphatic carbocycles. The first-order valence-electron chi connectivity index (χ1n) is 4.97. The SMILES string of the molecule is CCC(C)C(=O)CN(C)CCNC. The van der Waals surface area contributed by atoms with E-state index in [0.717, 1.165) is 19.5 Å². The highest BCUT2D eigenvalue weighted by Crippen LogP contribution is 2.02. The van der Waals surface area contributed by atoms with Crippen molar-refractivity contribution in [3.8, 4) is 0 Å². The van der Waals surface area contributed by atoms with E-state index in [2.05, 4.69) is 17.1 Å². The lowest BCUT2D eigenvalue weighted by atomic mass is 10.0. The third-order valence-corrected chi connectivity index (χ3v) is 2.33. The maximum atomic E-state index is 11.5. The Hall–Kier alpha value is -0.410. The van der Waals surface area contributed by atoms with Crippen LogP contribution in [-0.4, -0.2) is 44.4 Å². The number of likely N-dealkylation sites (N-methyl/N-ethyl adjacent to an activating group) is 2. The van der Waals surface area contributed by atoms with Crippen molar-refractivity contribution in [2.75, 3.05) is 33.7 Å². The molecule has 3 nitrogen and oxygen atoms in total. The van der Waals surface area contributed by atoms with Crippen LogP contribution < -0.4 is 5.32 Å². The van der Waals surface area contributed by atoms with Crippen LogP contribution in [0.2, 0.25) is 0 Å².